The molecule has 3 heterocycles. The number of carbonyl (C=O) groups is 1. The number of piperidine rings is 1. The fourth-order valence-electron chi connectivity index (χ4n) is 4.19. The summed E-state index contributed by atoms with van der Waals surface area (Å²) in [7, 11) is 0. The topological polar surface area (TPSA) is 105 Å². The van der Waals surface area contributed by atoms with Gasteiger partial charge in [-0.1, -0.05) is 41.9 Å². The Morgan fingerprint density at radius 2 is 2.03 bits per heavy atom. The number of fused-ring (bicyclic) bond motifs is 1. The Morgan fingerprint density at radius 1 is 1.16 bits per heavy atom. The van der Waals surface area contributed by atoms with Gasteiger partial charge in [0.1, 0.15) is 29.8 Å². The summed E-state index contributed by atoms with van der Waals surface area (Å²) in [6.07, 6.45) is 4.87. The monoisotopic (exact) mass is 521 g/mol. The van der Waals surface area contributed by atoms with E-state index in [-0.39, 0.29) is 30.2 Å². The van der Waals surface area contributed by atoms with Gasteiger partial charge in [0.2, 0.25) is 5.95 Å². The molecule has 2 aromatic carbocycles. The largest absolute Gasteiger partial charge is 0.460 e. The highest BCUT2D eigenvalue weighted by Crippen LogP contribution is 2.25. The summed E-state index contributed by atoms with van der Waals surface area (Å²) in [5, 5.41) is 6.50. The van der Waals surface area contributed by atoms with Gasteiger partial charge in [0.25, 0.3) is 0 Å². The van der Waals surface area contributed by atoms with Crippen LogP contribution in [0.1, 0.15) is 18.4 Å². The summed E-state index contributed by atoms with van der Waals surface area (Å²) in [4.78, 5) is 32.0. The SMILES string of the molecule is O=C(CN1CCCC(Nc2ncc3ncnc(Nc4ccc(F)c(Cl)c4)c3n2)C1)OCc1ccccc1. The summed E-state index contributed by atoms with van der Waals surface area (Å²) >= 11 is 5.90. The molecule has 0 amide bonds. The number of rotatable bonds is 8. The zero-order valence-electron chi connectivity index (χ0n) is 19.9. The number of carbonyl (C=O) groups excluding carboxylic acids is 1. The number of benzene rings is 2. The van der Waals surface area contributed by atoms with Crippen LogP contribution < -0.4 is 10.6 Å². The molecule has 190 valence electrons. The van der Waals surface area contributed by atoms with Crippen molar-refractivity contribution in [2.24, 2.45) is 0 Å². The number of nitrogens with zero attached hydrogens (tertiary/aromatic N) is 5. The van der Waals surface area contributed by atoms with Crippen LogP contribution in [-0.4, -0.2) is 56.5 Å². The Balaban J connectivity index is 1.22. The molecule has 2 aromatic heterocycles. The van der Waals surface area contributed by atoms with E-state index in [1.54, 1.807) is 12.3 Å². The predicted molar refractivity (Wildman–Crippen MR) is 139 cm³/mol. The van der Waals surface area contributed by atoms with E-state index < -0.39 is 5.82 Å². The lowest BCUT2D eigenvalue weighted by Crippen LogP contribution is -2.44. The summed E-state index contributed by atoms with van der Waals surface area (Å²) in [6, 6.07) is 14.0. The summed E-state index contributed by atoms with van der Waals surface area (Å²) in [5.41, 5.74) is 2.60. The van der Waals surface area contributed by atoms with Crippen LogP contribution in [0.25, 0.3) is 11.0 Å². The molecule has 1 saturated heterocycles. The minimum atomic E-state index is -0.500. The molecule has 4 aromatic rings. The van der Waals surface area contributed by atoms with E-state index in [2.05, 4.69) is 35.5 Å². The summed E-state index contributed by atoms with van der Waals surface area (Å²) in [6.45, 7) is 1.97. The van der Waals surface area contributed by atoms with Crippen LogP contribution in [0.3, 0.4) is 0 Å². The maximum Gasteiger partial charge on any atom is 0.320 e. The van der Waals surface area contributed by atoms with Gasteiger partial charge in [-0.25, -0.2) is 24.3 Å². The number of nitrogens with one attached hydrogen (secondary N) is 2. The number of halogens is 2. The lowest BCUT2D eigenvalue weighted by atomic mass is 10.1. The zero-order valence-corrected chi connectivity index (χ0v) is 20.7. The van der Waals surface area contributed by atoms with E-state index in [1.807, 2.05) is 30.3 Å². The Bertz CT molecular complexity index is 1390. The van der Waals surface area contributed by atoms with Crippen LogP contribution in [0.4, 0.5) is 21.8 Å². The van der Waals surface area contributed by atoms with E-state index in [0.29, 0.717) is 35.0 Å². The van der Waals surface area contributed by atoms with Crippen molar-refractivity contribution in [1.29, 1.82) is 0 Å². The molecule has 1 fully saturated rings. The van der Waals surface area contributed by atoms with Crippen molar-refractivity contribution in [3.63, 3.8) is 0 Å². The molecule has 0 spiro atoms. The average molecular weight is 522 g/mol. The first-order valence-electron chi connectivity index (χ1n) is 11.9. The van der Waals surface area contributed by atoms with Crippen molar-refractivity contribution in [3.05, 3.63) is 77.5 Å². The second-order valence-corrected chi connectivity index (χ2v) is 9.18. The van der Waals surface area contributed by atoms with Crippen molar-refractivity contribution in [2.75, 3.05) is 30.3 Å². The smallest absolute Gasteiger partial charge is 0.320 e. The first-order chi connectivity index (χ1) is 18.0. The molecule has 0 aliphatic carbocycles. The van der Waals surface area contributed by atoms with Crippen LogP contribution in [-0.2, 0) is 16.1 Å². The molecule has 5 rings (SSSR count). The molecule has 0 saturated carbocycles. The van der Waals surface area contributed by atoms with Crippen molar-refractivity contribution in [2.45, 2.75) is 25.5 Å². The Morgan fingerprint density at radius 3 is 2.86 bits per heavy atom. The molecule has 1 aliphatic heterocycles. The van der Waals surface area contributed by atoms with Gasteiger partial charge in [0.05, 0.1) is 17.8 Å². The van der Waals surface area contributed by atoms with E-state index in [0.717, 1.165) is 24.9 Å². The van der Waals surface area contributed by atoms with E-state index >= 15 is 0 Å². The Labute approximate surface area is 218 Å². The molecular weight excluding hydrogens is 497 g/mol. The Kier molecular flexibility index (Phi) is 7.67. The van der Waals surface area contributed by atoms with Crippen LogP contribution in [0, 0.1) is 5.82 Å². The predicted octanol–water partition coefficient (Wildman–Crippen LogP) is 4.58. The first kappa shape index (κ1) is 24.8. The summed E-state index contributed by atoms with van der Waals surface area (Å²) < 4.78 is 19.0. The normalized spacial score (nSPS) is 15.9. The summed E-state index contributed by atoms with van der Waals surface area (Å²) in [5.74, 6) is 0.130. The third kappa shape index (κ3) is 6.46. The minimum absolute atomic E-state index is 0.00569. The fourth-order valence-corrected chi connectivity index (χ4v) is 4.37. The lowest BCUT2D eigenvalue weighted by molar-refractivity contribution is -0.146. The van der Waals surface area contributed by atoms with Gasteiger partial charge in [-0.05, 0) is 43.1 Å². The highest BCUT2D eigenvalue weighted by Gasteiger charge is 2.23. The van der Waals surface area contributed by atoms with Gasteiger partial charge in [-0.2, -0.15) is 0 Å². The maximum atomic E-state index is 13.5. The average Bonchev–Trinajstić information content (AvgIpc) is 2.91. The maximum absolute atomic E-state index is 13.5. The standard InChI is InChI=1S/C26H25ClFN7O2/c27-20-11-18(8-9-21(20)28)32-25-24-22(30-16-31-25)12-29-26(34-24)33-19-7-4-10-35(13-19)14-23(36)37-15-17-5-2-1-3-6-17/h1-3,5-6,8-9,11-12,16,19H,4,7,10,13-15H2,(H,29,33,34)(H,30,31,32). The van der Waals surface area contributed by atoms with Crippen LogP contribution in [0.2, 0.25) is 5.02 Å². The fraction of sp³-hybridized carbons (Fsp3) is 0.269. The quantitative estimate of drug-likeness (QED) is 0.322. The zero-order chi connectivity index (χ0) is 25.6. The van der Waals surface area contributed by atoms with Crippen molar-refractivity contribution in [3.8, 4) is 0 Å². The molecular formula is C26H25ClFN7O2. The van der Waals surface area contributed by atoms with Gasteiger partial charge < -0.3 is 15.4 Å². The minimum Gasteiger partial charge on any atom is -0.460 e. The number of aromatic nitrogens is 4. The number of ether oxygens (including phenoxy) is 1. The van der Waals surface area contributed by atoms with Crippen LogP contribution >= 0.6 is 11.6 Å². The molecule has 1 atom stereocenters. The second-order valence-electron chi connectivity index (χ2n) is 8.77. The highest BCUT2D eigenvalue weighted by atomic mass is 35.5. The third-order valence-electron chi connectivity index (χ3n) is 5.99. The van der Waals surface area contributed by atoms with Crippen molar-refractivity contribution < 1.29 is 13.9 Å². The van der Waals surface area contributed by atoms with E-state index in [9.17, 15) is 9.18 Å². The van der Waals surface area contributed by atoms with Crippen molar-refractivity contribution >= 4 is 46.1 Å². The molecule has 11 heteroatoms. The number of likely N-dealkylation sites (tertiary alicyclic amines) is 1. The van der Waals surface area contributed by atoms with Crippen LogP contribution in [0.15, 0.2) is 61.1 Å². The number of esters is 1. The van der Waals surface area contributed by atoms with Crippen LogP contribution in [0.5, 0.6) is 0 Å². The molecule has 1 unspecified atom stereocenters. The van der Waals surface area contributed by atoms with Crippen molar-refractivity contribution in [1.82, 2.24) is 24.8 Å². The molecule has 2 N–H and O–H groups in total. The van der Waals surface area contributed by atoms with Gasteiger partial charge in [0.15, 0.2) is 5.82 Å². The molecule has 0 bridgehead atoms. The number of hydrogen-bond acceptors (Lipinski definition) is 9. The molecule has 9 nitrogen and oxygen atoms in total. The highest BCUT2D eigenvalue weighted by molar-refractivity contribution is 6.31. The van der Waals surface area contributed by atoms with Gasteiger partial charge in [0, 0.05) is 18.3 Å². The first-order valence-corrected chi connectivity index (χ1v) is 12.3. The molecule has 1 aliphatic rings. The lowest BCUT2D eigenvalue weighted by Gasteiger charge is -2.32. The number of hydrogen-bond donors (Lipinski definition) is 2. The second kappa shape index (κ2) is 11.4. The third-order valence-corrected chi connectivity index (χ3v) is 6.28. The molecule has 0 radical (unpaired) electrons. The Hall–Kier alpha value is -3.89. The molecule has 37 heavy (non-hydrogen) atoms. The van der Waals surface area contributed by atoms with Gasteiger partial charge >= 0.3 is 5.97 Å². The number of anilines is 3. The van der Waals surface area contributed by atoms with E-state index in [1.165, 1.54) is 18.5 Å². The van der Waals surface area contributed by atoms with E-state index in [4.69, 9.17) is 16.3 Å². The van der Waals surface area contributed by atoms with Gasteiger partial charge in [-0.15, -0.1) is 0 Å². The van der Waals surface area contributed by atoms with Gasteiger partial charge in [-0.3, -0.25) is 9.69 Å².